The number of benzene rings is 2. The fraction of sp³-hybridized carbons (Fsp3) is 0.350. The van der Waals surface area contributed by atoms with Gasteiger partial charge in [-0.2, -0.15) is 4.31 Å². The summed E-state index contributed by atoms with van der Waals surface area (Å²) in [5, 5.41) is 2.80. The van der Waals surface area contributed by atoms with Crippen LogP contribution >= 0.6 is 11.8 Å². The second-order valence-electron chi connectivity index (χ2n) is 6.38. The normalized spacial score (nSPS) is 14.8. The average Bonchev–Trinajstić information content (AvgIpc) is 3.24. The van der Waals surface area contributed by atoms with Crippen LogP contribution in [0.1, 0.15) is 19.8 Å². The molecule has 28 heavy (non-hydrogen) atoms. The monoisotopic (exact) mass is 420 g/mol. The molecule has 1 amide bonds. The number of nitrogens with one attached hydrogen (secondary N) is 1. The van der Waals surface area contributed by atoms with Crippen molar-refractivity contribution in [1.29, 1.82) is 0 Å². The van der Waals surface area contributed by atoms with Crippen molar-refractivity contribution in [3.63, 3.8) is 0 Å². The van der Waals surface area contributed by atoms with Gasteiger partial charge in [0.1, 0.15) is 5.75 Å². The molecular formula is C20H24N2O4S2. The van der Waals surface area contributed by atoms with Gasteiger partial charge in [0.2, 0.25) is 15.9 Å². The summed E-state index contributed by atoms with van der Waals surface area (Å²) in [6.45, 7) is 3.70. The molecule has 0 unspecified atom stereocenters. The number of sulfonamides is 1. The van der Waals surface area contributed by atoms with E-state index in [0.717, 1.165) is 23.5 Å². The summed E-state index contributed by atoms with van der Waals surface area (Å²) < 4.78 is 31.9. The Labute approximate surface area is 170 Å². The Morgan fingerprint density at radius 2 is 1.71 bits per heavy atom. The lowest BCUT2D eigenvalue weighted by atomic mass is 10.3. The number of hydrogen-bond donors (Lipinski definition) is 1. The minimum absolute atomic E-state index is 0.144. The molecule has 6 nitrogen and oxygen atoms in total. The van der Waals surface area contributed by atoms with Gasteiger partial charge in [0.15, 0.2) is 0 Å². The van der Waals surface area contributed by atoms with Crippen LogP contribution < -0.4 is 10.1 Å². The number of thioether (sulfide) groups is 1. The standard InChI is InChI=1S/C20H24N2O4S2/c1-2-26-17-7-9-18(10-8-17)27-15-20(23)21-16-5-11-19(12-6-16)28(24,25)22-13-3-4-14-22/h5-12H,2-4,13-15H2,1H3,(H,21,23). The Kier molecular flexibility index (Phi) is 6.98. The molecule has 0 radical (unpaired) electrons. The van der Waals surface area contributed by atoms with E-state index in [2.05, 4.69) is 5.32 Å². The Morgan fingerprint density at radius 1 is 1.07 bits per heavy atom. The van der Waals surface area contributed by atoms with E-state index in [1.807, 2.05) is 31.2 Å². The van der Waals surface area contributed by atoms with Crippen LogP contribution in [0.15, 0.2) is 58.3 Å². The molecule has 0 aromatic heterocycles. The Bertz CT molecular complexity index is 891. The van der Waals surface area contributed by atoms with Gasteiger partial charge in [-0.25, -0.2) is 8.42 Å². The summed E-state index contributed by atoms with van der Waals surface area (Å²) in [6, 6.07) is 13.9. The van der Waals surface area contributed by atoms with E-state index in [4.69, 9.17) is 4.74 Å². The van der Waals surface area contributed by atoms with Crippen LogP contribution in [0.2, 0.25) is 0 Å². The van der Waals surface area contributed by atoms with Gasteiger partial charge in [0.25, 0.3) is 0 Å². The van der Waals surface area contributed by atoms with Crippen LogP contribution in [0, 0.1) is 0 Å². The minimum atomic E-state index is -3.43. The first-order valence-corrected chi connectivity index (χ1v) is 11.7. The fourth-order valence-corrected chi connectivity index (χ4v) is 5.15. The molecule has 150 valence electrons. The molecule has 0 aliphatic carbocycles. The lowest BCUT2D eigenvalue weighted by molar-refractivity contribution is -0.113. The predicted octanol–water partition coefficient (Wildman–Crippen LogP) is 3.60. The van der Waals surface area contributed by atoms with Crippen LogP contribution in [0.3, 0.4) is 0 Å². The zero-order chi connectivity index (χ0) is 20.0. The van der Waals surface area contributed by atoms with Gasteiger partial charge in [-0.15, -0.1) is 11.8 Å². The van der Waals surface area contributed by atoms with Crippen LogP contribution in [-0.4, -0.2) is 44.1 Å². The first-order chi connectivity index (χ1) is 13.5. The molecule has 0 atom stereocenters. The number of carbonyl (C=O) groups is 1. The maximum atomic E-state index is 12.5. The smallest absolute Gasteiger partial charge is 0.243 e. The summed E-state index contributed by atoms with van der Waals surface area (Å²) >= 11 is 1.43. The molecule has 2 aromatic rings. The third-order valence-corrected chi connectivity index (χ3v) is 7.27. The number of anilines is 1. The van der Waals surface area contributed by atoms with Crippen molar-refractivity contribution in [3.8, 4) is 5.75 Å². The molecule has 0 bridgehead atoms. The highest BCUT2D eigenvalue weighted by atomic mass is 32.2. The molecular weight excluding hydrogens is 396 g/mol. The van der Waals surface area contributed by atoms with Crippen LogP contribution in [0.5, 0.6) is 5.75 Å². The van der Waals surface area contributed by atoms with Gasteiger partial charge in [0, 0.05) is 23.7 Å². The number of amides is 1. The van der Waals surface area contributed by atoms with E-state index < -0.39 is 10.0 Å². The third kappa shape index (κ3) is 5.27. The first kappa shape index (κ1) is 20.7. The van der Waals surface area contributed by atoms with Gasteiger partial charge < -0.3 is 10.1 Å². The minimum Gasteiger partial charge on any atom is -0.494 e. The summed E-state index contributed by atoms with van der Waals surface area (Å²) in [6.07, 6.45) is 1.80. The van der Waals surface area contributed by atoms with E-state index >= 15 is 0 Å². The van der Waals surface area contributed by atoms with Crippen molar-refractivity contribution < 1.29 is 17.9 Å². The quantitative estimate of drug-likeness (QED) is 0.661. The van der Waals surface area contributed by atoms with Crippen LogP contribution in [0.4, 0.5) is 5.69 Å². The Morgan fingerprint density at radius 3 is 2.32 bits per heavy atom. The number of nitrogens with zero attached hydrogens (tertiary/aromatic N) is 1. The van der Waals surface area contributed by atoms with E-state index in [1.54, 1.807) is 24.3 Å². The van der Waals surface area contributed by atoms with E-state index in [-0.39, 0.29) is 16.6 Å². The molecule has 1 aliphatic heterocycles. The molecule has 3 rings (SSSR count). The summed E-state index contributed by atoms with van der Waals surface area (Å²) in [4.78, 5) is 13.4. The van der Waals surface area contributed by atoms with Gasteiger partial charge in [0.05, 0.1) is 17.3 Å². The number of carbonyl (C=O) groups excluding carboxylic acids is 1. The number of rotatable bonds is 8. The Balaban J connectivity index is 1.52. The largest absolute Gasteiger partial charge is 0.494 e. The molecule has 0 spiro atoms. The lowest BCUT2D eigenvalue weighted by Gasteiger charge is -2.15. The van der Waals surface area contributed by atoms with Gasteiger partial charge in [-0.1, -0.05) is 0 Å². The topological polar surface area (TPSA) is 75.7 Å². The second kappa shape index (κ2) is 9.45. The number of ether oxygens (including phenoxy) is 1. The molecule has 1 N–H and O–H groups in total. The van der Waals surface area contributed by atoms with Crippen molar-refractivity contribution >= 4 is 33.4 Å². The van der Waals surface area contributed by atoms with Crippen molar-refractivity contribution in [1.82, 2.24) is 4.31 Å². The van der Waals surface area contributed by atoms with E-state index in [9.17, 15) is 13.2 Å². The first-order valence-electron chi connectivity index (χ1n) is 9.25. The lowest BCUT2D eigenvalue weighted by Crippen LogP contribution is -2.27. The number of hydrogen-bond acceptors (Lipinski definition) is 5. The summed E-state index contributed by atoms with van der Waals surface area (Å²) in [7, 11) is -3.43. The fourth-order valence-electron chi connectivity index (χ4n) is 2.93. The molecule has 1 aliphatic rings. The average molecular weight is 421 g/mol. The van der Waals surface area contributed by atoms with E-state index in [0.29, 0.717) is 25.4 Å². The SMILES string of the molecule is CCOc1ccc(SCC(=O)Nc2ccc(S(=O)(=O)N3CCCC3)cc2)cc1. The zero-order valence-electron chi connectivity index (χ0n) is 15.8. The molecule has 0 saturated carbocycles. The second-order valence-corrected chi connectivity index (χ2v) is 9.36. The highest BCUT2D eigenvalue weighted by Gasteiger charge is 2.26. The van der Waals surface area contributed by atoms with E-state index in [1.165, 1.54) is 16.1 Å². The summed E-state index contributed by atoms with van der Waals surface area (Å²) in [5.41, 5.74) is 0.581. The zero-order valence-corrected chi connectivity index (χ0v) is 17.4. The maximum Gasteiger partial charge on any atom is 0.243 e. The highest BCUT2D eigenvalue weighted by Crippen LogP contribution is 2.23. The molecule has 1 saturated heterocycles. The molecule has 1 heterocycles. The maximum absolute atomic E-state index is 12.5. The van der Waals surface area contributed by atoms with Crippen molar-refractivity contribution in [3.05, 3.63) is 48.5 Å². The van der Waals surface area contributed by atoms with Crippen LogP contribution in [0.25, 0.3) is 0 Å². The Hall–Kier alpha value is -2.03. The van der Waals surface area contributed by atoms with Crippen molar-refractivity contribution in [2.24, 2.45) is 0 Å². The van der Waals surface area contributed by atoms with Crippen molar-refractivity contribution in [2.45, 2.75) is 29.6 Å². The van der Waals surface area contributed by atoms with Crippen LogP contribution in [-0.2, 0) is 14.8 Å². The highest BCUT2D eigenvalue weighted by molar-refractivity contribution is 8.00. The molecule has 1 fully saturated rings. The van der Waals surface area contributed by atoms with Gasteiger partial charge in [-0.3, -0.25) is 4.79 Å². The summed E-state index contributed by atoms with van der Waals surface area (Å²) in [5.74, 6) is 0.927. The third-order valence-electron chi connectivity index (χ3n) is 4.35. The van der Waals surface area contributed by atoms with Gasteiger partial charge >= 0.3 is 0 Å². The van der Waals surface area contributed by atoms with Crippen molar-refractivity contribution in [2.75, 3.05) is 30.8 Å². The molecule has 2 aromatic carbocycles. The molecule has 8 heteroatoms. The van der Waals surface area contributed by atoms with Gasteiger partial charge in [-0.05, 0) is 68.3 Å². The predicted molar refractivity (Wildman–Crippen MR) is 111 cm³/mol.